The predicted octanol–water partition coefficient (Wildman–Crippen LogP) is 4.71. The molecular formula is C24H21BrF2N2O7S. The lowest BCUT2D eigenvalue weighted by molar-refractivity contribution is -0.136. The van der Waals surface area contributed by atoms with Gasteiger partial charge in [-0.25, -0.2) is 17.2 Å². The number of carbonyl (C=O) groups excluding carboxylic acids is 1. The highest BCUT2D eigenvalue weighted by atomic mass is 79.9. The van der Waals surface area contributed by atoms with Crippen LogP contribution < -0.4 is 19.5 Å². The van der Waals surface area contributed by atoms with Crippen molar-refractivity contribution < 1.29 is 41.4 Å². The number of rotatable bonds is 10. The number of nitrogens with one attached hydrogen (secondary N) is 2. The van der Waals surface area contributed by atoms with E-state index in [1.807, 2.05) is 0 Å². The Morgan fingerprint density at radius 2 is 1.76 bits per heavy atom. The summed E-state index contributed by atoms with van der Waals surface area (Å²) in [5.74, 6) is -3.69. The number of benzene rings is 3. The zero-order valence-corrected chi connectivity index (χ0v) is 21.9. The maximum Gasteiger partial charge on any atom is 0.307 e. The molecule has 0 aliphatic heterocycles. The monoisotopic (exact) mass is 598 g/mol. The van der Waals surface area contributed by atoms with Gasteiger partial charge in [0.05, 0.1) is 19.2 Å². The van der Waals surface area contributed by atoms with Crippen LogP contribution in [0.15, 0.2) is 57.9 Å². The number of amides is 1. The zero-order valence-electron chi connectivity index (χ0n) is 19.5. The Morgan fingerprint density at radius 3 is 2.38 bits per heavy atom. The van der Waals surface area contributed by atoms with Crippen LogP contribution in [0.25, 0.3) is 0 Å². The first kappa shape index (κ1) is 27.9. The first-order valence-corrected chi connectivity index (χ1v) is 12.9. The standard InChI is InChI=1S/C24H21BrF2N2O7S/c1-3-28-24(32)13-4-6-19(36-21-12-16(25)14(10-23(30)31)9-20(21)35-2)18(8-13)29-37(33,34)22-7-5-15(26)11-17(22)27/h4-9,11-12,29H,3,10H2,1-2H3,(H,28,32)(H,30,31). The second-order valence-electron chi connectivity index (χ2n) is 7.52. The second-order valence-corrected chi connectivity index (χ2v) is 10.0. The third-order valence-corrected chi connectivity index (χ3v) is 7.04. The van der Waals surface area contributed by atoms with Crippen LogP contribution in [0.4, 0.5) is 14.5 Å². The highest BCUT2D eigenvalue weighted by Gasteiger charge is 2.23. The molecule has 0 unspecified atom stereocenters. The van der Waals surface area contributed by atoms with Crippen molar-refractivity contribution in [2.24, 2.45) is 0 Å². The number of hydrogen-bond acceptors (Lipinski definition) is 6. The molecule has 0 aromatic heterocycles. The number of halogens is 3. The molecule has 0 heterocycles. The van der Waals surface area contributed by atoms with Crippen LogP contribution >= 0.6 is 15.9 Å². The fourth-order valence-corrected chi connectivity index (χ4v) is 4.81. The number of carbonyl (C=O) groups is 2. The Labute approximate surface area is 219 Å². The Hall–Kier alpha value is -3.71. The summed E-state index contributed by atoms with van der Waals surface area (Å²) >= 11 is 3.28. The molecule has 3 N–H and O–H groups in total. The van der Waals surface area contributed by atoms with Crippen molar-refractivity contribution in [2.75, 3.05) is 18.4 Å². The van der Waals surface area contributed by atoms with Crippen LogP contribution in [-0.2, 0) is 21.2 Å². The summed E-state index contributed by atoms with van der Waals surface area (Å²) in [6.45, 7) is 2.02. The summed E-state index contributed by atoms with van der Waals surface area (Å²) < 4.78 is 67.2. The molecule has 3 aromatic rings. The summed E-state index contributed by atoms with van der Waals surface area (Å²) in [5, 5.41) is 11.7. The first-order chi connectivity index (χ1) is 17.4. The van der Waals surface area contributed by atoms with Crippen LogP contribution in [0.1, 0.15) is 22.8 Å². The average Bonchev–Trinajstić information content (AvgIpc) is 2.81. The predicted molar refractivity (Wildman–Crippen MR) is 134 cm³/mol. The maximum atomic E-state index is 14.3. The number of methoxy groups -OCH3 is 1. The molecule has 0 aliphatic rings. The minimum atomic E-state index is -4.58. The highest BCUT2D eigenvalue weighted by Crippen LogP contribution is 2.40. The Balaban J connectivity index is 2.08. The molecule has 196 valence electrons. The normalized spacial score (nSPS) is 11.1. The van der Waals surface area contributed by atoms with Gasteiger partial charge in [0, 0.05) is 22.6 Å². The molecule has 0 bridgehead atoms. The maximum absolute atomic E-state index is 14.3. The Bertz CT molecular complexity index is 1470. The van der Waals surface area contributed by atoms with Gasteiger partial charge in [-0.15, -0.1) is 0 Å². The Kier molecular flexibility index (Phi) is 8.71. The molecule has 0 aliphatic carbocycles. The second kappa shape index (κ2) is 11.6. The van der Waals surface area contributed by atoms with Crippen LogP contribution in [-0.4, -0.2) is 39.1 Å². The van der Waals surface area contributed by atoms with Crippen molar-refractivity contribution in [1.29, 1.82) is 0 Å². The van der Waals surface area contributed by atoms with Crippen LogP contribution in [0.5, 0.6) is 17.2 Å². The zero-order chi connectivity index (χ0) is 27.3. The van der Waals surface area contributed by atoms with Gasteiger partial charge in [-0.05, 0) is 55.0 Å². The molecule has 13 heteroatoms. The van der Waals surface area contributed by atoms with Gasteiger partial charge >= 0.3 is 5.97 Å². The third kappa shape index (κ3) is 6.74. The van der Waals surface area contributed by atoms with E-state index in [0.717, 1.165) is 12.1 Å². The number of carboxylic acid groups (broad SMARTS) is 1. The molecule has 1 amide bonds. The van der Waals surface area contributed by atoms with Gasteiger partial charge in [0.2, 0.25) is 0 Å². The topological polar surface area (TPSA) is 131 Å². The van der Waals surface area contributed by atoms with E-state index in [1.165, 1.54) is 37.4 Å². The van der Waals surface area contributed by atoms with Crippen molar-refractivity contribution in [3.05, 3.63) is 75.8 Å². The molecule has 0 saturated carbocycles. The van der Waals surface area contributed by atoms with Crippen LogP contribution in [0.3, 0.4) is 0 Å². The number of ether oxygens (including phenoxy) is 2. The minimum Gasteiger partial charge on any atom is -0.493 e. The quantitative estimate of drug-likeness (QED) is 0.308. The molecule has 0 fully saturated rings. The lowest BCUT2D eigenvalue weighted by Gasteiger charge is -2.17. The molecule has 0 atom stereocenters. The van der Waals surface area contributed by atoms with E-state index in [1.54, 1.807) is 6.92 Å². The van der Waals surface area contributed by atoms with Crippen molar-refractivity contribution in [2.45, 2.75) is 18.2 Å². The van der Waals surface area contributed by atoms with Gasteiger partial charge in [0.1, 0.15) is 16.5 Å². The summed E-state index contributed by atoms with van der Waals surface area (Å²) in [6, 6.07) is 8.77. The van der Waals surface area contributed by atoms with Crippen molar-refractivity contribution in [3.8, 4) is 17.2 Å². The lowest BCUT2D eigenvalue weighted by Crippen LogP contribution is -2.23. The Morgan fingerprint density at radius 1 is 1.03 bits per heavy atom. The smallest absolute Gasteiger partial charge is 0.307 e. The molecule has 0 spiro atoms. The van der Waals surface area contributed by atoms with E-state index < -0.39 is 38.4 Å². The molecule has 9 nitrogen and oxygen atoms in total. The molecule has 3 aromatic carbocycles. The number of hydrogen-bond donors (Lipinski definition) is 3. The van der Waals surface area contributed by atoms with E-state index in [2.05, 4.69) is 26.0 Å². The summed E-state index contributed by atoms with van der Waals surface area (Å²) in [6.07, 6.45) is -0.299. The third-order valence-electron chi connectivity index (χ3n) is 4.90. The lowest BCUT2D eigenvalue weighted by atomic mass is 10.1. The van der Waals surface area contributed by atoms with Gasteiger partial charge in [-0.3, -0.25) is 14.3 Å². The van der Waals surface area contributed by atoms with E-state index in [4.69, 9.17) is 14.6 Å². The summed E-state index contributed by atoms with van der Waals surface area (Å²) in [5.41, 5.74) is 0.257. The number of carboxylic acids is 1. The minimum absolute atomic E-state index is 0.0800. The van der Waals surface area contributed by atoms with Gasteiger partial charge in [-0.1, -0.05) is 15.9 Å². The van der Waals surface area contributed by atoms with Gasteiger partial charge in [0.15, 0.2) is 17.2 Å². The van der Waals surface area contributed by atoms with E-state index in [9.17, 15) is 26.8 Å². The molecule has 37 heavy (non-hydrogen) atoms. The summed E-state index contributed by atoms with van der Waals surface area (Å²) in [7, 11) is -3.25. The van der Waals surface area contributed by atoms with Gasteiger partial charge in [-0.2, -0.15) is 0 Å². The average molecular weight is 599 g/mol. The fourth-order valence-electron chi connectivity index (χ4n) is 3.23. The van der Waals surface area contributed by atoms with E-state index in [0.29, 0.717) is 22.6 Å². The molecule has 3 rings (SSSR count). The molecule has 0 radical (unpaired) electrons. The van der Waals surface area contributed by atoms with Gasteiger partial charge < -0.3 is 19.9 Å². The number of anilines is 1. The van der Waals surface area contributed by atoms with Gasteiger partial charge in [0.25, 0.3) is 15.9 Å². The number of sulfonamides is 1. The first-order valence-electron chi connectivity index (χ1n) is 10.6. The molecular weight excluding hydrogens is 578 g/mol. The number of aliphatic carboxylic acids is 1. The highest BCUT2D eigenvalue weighted by molar-refractivity contribution is 9.10. The summed E-state index contributed by atoms with van der Waals surface area (Å²) in [4.78, 5) is 22.7. The van der Waals surface area contributed by atoms with Crippen molar-refractivity contribution in [1.82, 2.24) is 5.32 Å². The SMILES string of the molecule is CCNC(=O)c1ccc(Oc2cc(Br)c(CC(=O)O)cc2OC)c(NS(=O)(=O)c2ccc(F)cc2F)c1. The van der Waals surface area contributed by atoms with E-state index >= 15 is 0 Å². The van der Waals surface area contributed by atoms with E-state index in [-0.39, 0.29) is 34.9 Å². The fraction of sp³-hybridized carbons (Fsp3) is 0.167. The van der Waals surface area contributed by atoms with Crippen molar-refractivity contribution in [3.63, 3.8) is 0 Å². The van der Waals surface area contributed by atoms with Crippen LogP contribution in [0.2, 0.25) is 0 Å². The van der Waals surface area contributed by atoms with Crippen LogP contribution in [0, 0.1) is 11.6 Å². The molecule has 0 saturated heterocycles. The van der Waals surface area contributed by atoms with Crippen molar-refractivity contribution >= 4 is 43.5 Å². The largest absolute Gasteiger partial charge is 0.493 e.